The van der Waals surface area contributed by atoms with Crippen LogP contribution in [0, 0.1) is 5.82 Å². The van der Waals surface area contributed by atoms with E-state index in [-0.39, 0.29) is 16.6 Å². The fraction of sp³-hybridized carbons (Fsp3) is 0.250. The lowest BCUT2D eigenvalue weighted by Gasteiger charge is -2.04. The van der Waals surface area contributed by atoms with Gasteiger partial charge in [-0.1, -0.05) is 12.1 Å². The highest BCUT2D eigenvalue weighted by molar-refractivity contribution is 7.91. The normalized spacial score (nSPS) is 14.8. The first-order valence-corrected chi connectivity index (χ1v) is 10.0. The molecule has 2 aromatic heterocycles. The van der Waals surface area contributed by atoms with Crippen LogP contribution in [-0.4, -0.2) is 18.6 Å². The Bertz CT molecular complexity index is 992. The highest BCUT2D eigenvalue weighted by Crippen LogP contribution is 2.40. The van der Waals surface area contributed by atoms with E-state index in [2.05, 4.69) is 14.9 Å². The quantitative estimate of drug-likeness (QED) is 0.710. The maximum Gasteiger partial charge on any atom is 0.250 e. The van der Waals surface area contributed by atoms with Gasteiger partial charge in [-0.3, -0.25) is 0 Å². The molecule has 25 heavy (non-hydrogen) atoms. The van der Waals surface area contributed by atoms with Crippen molar-refractivity contribution in [2.45, 2.75) is 29.5 Å². The van der Waals surface area contributed by atoms with Crippen LogP contribution in [0.5, 0.6) is 0 Å². The van der Waals surface area contributed by atoms with Crippen LogP contribution in [0.15, 0.2) is 44.3 Å². The lowest BCUT2D eigenvalue weighted by molar-refractivity contribution is 0.508. The number of thiophene rings is 1. The van der Waals surface area contributed by atoms with Crippen molar-refractivity contribution in [2.24, 2.45) is 0 Å². The number of rotatable bonds is 6. The Morgan fingerprint density at radius 3 is 2.72 bits per heavy atom. The summed E-state index contributed by atoms with van der Waals surface area (Å²) in [4.78, 5) is 0. The summed E-state index contributed by atoms with van der Waals surface area (Å²) in [5.74, 6) is 0.929. The van der Waals surface area contributed by atoms with Crippen molar-refractivity contribution in [3.63, 3.8) is 0 Å². The Kier molecular flexibility index (Phi) is 4.14. The molecule has 1 aliphatic carbocycles. The number of nitrogens with zero attached hydrogens (tertiary/aromatic N) is 2. The minimum atomic E-state index is -3.67. The predicted octanol–water partition coefficient (Wildman–Crippen LogP) is 3.29. The van der Waals surface area contributed by atoms with Gasteiger partial charge in [0.1, 0.15) is 10.0 Å². The van der Waals surface area contributed by atoms with Crippen LogP contribution in [0.3, 0.4) is 0 Å². The molecule has 0 bridgehead atoms. The lowest BCUT2D eigenvalue weighted by Crippen LogP contribution is -2.22. The number of nitrogens with one attached hydrogen (secondary N) is 1. The number of hydrogen-bond donors (Lipinski definition) is 1. The summed E-state index contributed by atoms with van der Waals surface area (Å²) in [6, 6.07) is 7.17. The second-order valence-electron chi connectivity index (χ2n) is 5.83. The zero-order valence-electron chi connectivity index (χ0n) is 13.0. The maximum atomic E-state index is 12.9. The topological polar surface area (TPSA) is 85.1 Å². The molecule has 6 nitrogen and oxygen atoms in total. The minimum Gasteiger partial charge on any atom is -0.420 e. The summed E-state index contributed by atoms with van der Waals surface area (Å²) in [6.07, 6.45) is 2.11. The molecule has 1 aliphatic rings. The molecule has 0 saturated heterocycles. The second-order valence-corrected chi connectivity index (χ2v) is 8.73. The molecule has 130 valence electrons. The molecule has 1 saturated carbocycles. The van der Waals surface area contributed by atoms with Gasteiger partial charge in [0.25, 0.3) is 0 Å². The Morgan fingerprint density at radius 2 is 2.00 bits per heavy atom. The average molecular weight is 379 g/mol. The van der Waals surface area contributed by atoms with Gasteiger partial charge in [0.05, 0.1) is 5.56 Å². The van der Waals surface area contributed by atoms with Crippen molar-refractivity contribution < 1.29 is 17.2 Å². The van der Waals surface area contributed by atoms with Crippen molar-refractivity contribution in [1.82, 2.24) is 14.9 Å². The van der Waals surface area contributed by atoms with Crippen molar-refractivity contribution in [2.75, 3.05) is 0 Å². The van der Waals surface area contributed by atoms with Crippen LogP contribution in [0.2, 0.25) is 0 Å². The van der Waals surface area contributed by atoms with Crippen LogP contribution in [0.4, 0.5) is 4.39 Å². The molecule has 1 fully saturated rings. The summed E-state index contributed by atoms with van der Waals surface area (Å²) >= 11 is 1.08. The van der Waals surface area contributed by atoms with Crippen molar-refractivity contribution in [1.29, 1.82) is 0 Å². The number of hydrogen-bond acceptors (Lipinski definition) is 6. The van der Waals surface area contributed by atoms with E-state index < -0.39 is 10.0 Å². The first-order chi connectivity index (χ1) is 12.0. The van der Waals surface area contributed by atoms with Gasteiger partial charge >= 0.3 is 0 Å². The summed E-state index contributed by atoms with van der Waals surface area (Å²) in [5.41, 5.74) is 1.26. The average Bonchev–Trinajstić information content (AvgIpc) is 3.12. The first kappa shape index (κ1) is 16.4. The van der Waals surface area contributed by atoms with E-state index in [1.807, 2.05) is 0 Å². The Balaban J connectivity index is 1.48. The highest BCUT2D eigenvalue weighted by Gasteiger charge is 2.30. The molecule has 0 radical (unpaired) electrons. The van der Waals surface area contributed by atoms with E-state index in [1.165, 1.54) is 30.3 Å². The Labute approximate surface area is 147 Å². The summed E-state index contributed by atoms with van der Waals surface area (Å²) in [7, 11) is -3.67. The SMILES string of the molecule is O=S(=O)(NCc1ccc(F)cc1)c1cc(-c2nnc(C3CC3)o2)cs1. The van der Waals surface area contributed by atoms with Crippen molar-refractivity contribution in [3.8, 4) is 11.5 Å². The van der Waals surface area contributed by atoms with Crippen LogP contribution >= 0.6 is 11.3 Å². The smallest absolute Gasteiger partial charge is 0.250 e. The van der Waals surface area contributed by atoms with Crippen LogP contribution in [-0.2, 0) is 16.6 Å². The van der Waals surface area contributed by atoms with E-state index in [1.54, 1.807) is 5.38 Å². The highest BCUT2D eigenvalue weighted by atomic mass is 32.2. The van der Waals surface area contributed by atoms with Gasteiger partial charge in [0.15, 0.2) is 0 Å². The van der Waals surface area contributed by atoms with Gasteiger partial charge in [0, 0.05) is 17.8 Å². The van der Waals surface area contributed by atoms with Gasteiger partial charge in [-0.05, 0) is 36.6 Å². The Hall–Kier alpha value is -2.10. The zero-order valence-corrected chi connectivity index (χ0v) is 14.6. The molecule has 3 aromatic rings. The molecule has 4 rings (SSSR count). The molecule has 0 atom stereocenters. The van der Waals surface area contributed by atoms with E-state index in [0.29, 0.717) is 28.8 Å². The molecule has 0 unspecified atom stereocenters. The summed E-state index contributed by atoms with van der Waals surface area (Å²) < 4.78 is 45.9. The Morgan fingerprint density at radius 1 is 1.24 bits per heavy atom. The molecule has 0 spiro atoms. The molecule has 2 heterocycles. The molecular formula is C16H14FN3O3S2. The van der Waals surface area contributed by atoms with Crippen LogP contribution < -0.4 is 4.72 Å². The van der Waals surface area contributed by atoms with Crippen molar-refractivity contribution in [3.05, 3.63) is 53.0 Å². The largest absolute Gasteiger partial charge is 0.420 e. The van der Waals surface area contributed by atoms with E-state index in [9.17, 15) is 12.8 Å². The molecule has 1 aromatic carbocycles. The van der Waals surface area contributed by atoms with E-state index >= 15 is 0 Å². The maximum absolute atomic E-state index is 12.9. The molecular weight excluding hydrogens is 365 g/mol. The standard InChI is InChI=1S/C16H14FN3O3S2/c17-13-5-1-10(2-6-13)8-18-25(21,22)14-7-12(9-24-14)16-20-19-15(23-16)11-3-4-11/h1-2,5-7,9,11,18H,3-4,8H2. The second kappa shape index (κ2) is 6.32. The third-order valence-electron chi connectivity index (χ3n) is 3.83. The number of halogens is 1. The summed E-state index contributed by atoms with van der Waals surface area (Å²) in [6.45, 7) is 0.0855. The fourth-order valence-corrected chi connectivity index (χ4v) is 4.48. The fourth-order valence-electron chi connectivity index (χ4n) is 2.27. The third-order valence-corrected chi connectivity index (χ3v) is 6.67. The van der Waals surface area contributed by atoms with Gasteiger partial charge in [-0.2, -0.15) is 0 Å². The molecule has 0 aliphatic heterocycles. The number of aromatic nitrogens is 2. The number of sulfonamides is 1. The van der Waals surface area contributed by atoms with Gasteiger partial charge in [0.2, 0.25) is 21.8 Å². The predicted molar refractivity (Wildman–Crippen MR) is 90.0 cm³/mol. The minimum absolute atomic E-state index is 0.0855. The third kappa shape index (κ3) is 3.63. The van der Waals surface area contributed by atoms with Gasteiger partial charge in [-0.15, -0.1) is 21.5 Å². The van der Waals surface area contributed by atoms with Crippen molar-refractivity contribution >= 4 is 21.4 Å². The van der Waals surface area contributed by atoms with Gasteiger partial charge in [-0.25, -0.2) is 17.5 Å². The van der Waals surface area contributed by atoms with Crippen LogP contribution in [0.25, 0.3) is 11.5 Å². The van der Waals surface area contributed by atoms with Gasteiger partial charge < -0.3 is 4.42 Å². The summed E-state index contributed by atoms with van der Waals surface area (Å²) in [5, 5.41) is 9.66. The lowest BCUT2D eigenvalue weighted by atomic mass is 10.2. The number of benzene rings is 1. The van der Waals surface area contributed by atoms with Crippen LogP contribution in [0.1, 0.15) is 30.2 Å². The molecule has 9 heteroatoms. The van der Waals surface area contributed by atoms with E-state index in [4.69, 9.17) is 4.42 Å². The molecule has 1 N–H and O–H groups in total. The first-order valence-electron chi connectivity index (χ1n) is 7.68. The molecule has 0 amide bonds. The zero-order chi connectivity index (χ0) is 17.4. The monoisotopic (exact) mass is 379 g/mol. The van der Waals surface area contributed by atoms with E-state index in [0.717, 1.165) is 24.2 Å².